The number of H-pyrrole nitrogens is 1. The van der Waals surface area contributed by atoms with Crippen molar-refractivity contribution in [3.8, 4) is 0 Å². The molecular weight excluding hydrogens is 318 g/mol. The van der Waals surface area contributed by atoms with E-state index in [1.54, 1.807) is 24.0 Å². The van der Waals surface area contributed by atoms with Gasteiger partial charge >= 0.3 is 0 Å². The minimum absolute atomic E-state index is 0.202. The molecule has 0 aliphatic carbocycles. The van der Waals surface area contributed by atoms with Gasteiger partial charge in [-0.2, -0.15) is 0 Å². The van der Waals surface area contributed by atoms with Crippen LogP contribution in [0.1, 0.15) is 49.2 Å². The summed E-state index contributed by atoms with van der Waals surface area (Å²) in [4.78, 5) is 43.6. The zero-order valence-corrected chi connectivity index (χ0v) is 15.2. The number of piperidine rings is 2. The van der Waals surface area contributed by atoms with Gasteiger partial charge in [-0.1, -0.05) is 13.8 Å². The molecule has 3 rings (SSSR count). The lowest BCUT2D eigenvalue weighted by Crippen LogP contribution is -2.57. The highest BCUT2D eigenvalue weighted by molar-refractivity contribution is 5.94. The van der Waals surface area contributed by atoms with E-state index in [0.29, 0.717) is 31.3 Å². The van der Waals surface area contributed by atoms with Crippen LogP contribution in [0.3, 0.4) is 0 Å². The fourth-order valence-electron chi connectivity index (χ4n) is 4.08. The van der Waals surface area contributed by atoms with E-state index < -0.39 is 0 Å². The highest BCUT2D eigenvalue weighted by Gasteiger charge is 2.40. The summed E-state index contributed by atoms with van der Waals surface area (Å²) in [7, 11) is 0. The zero-order valence-electron chi connectivity index (χ0n) is 15.2. The monoisotopic (exact) mass is 345 g/mol. The number of hydrogen-bond acceptors (Lipinski definition) is 3. The van der Waals surface area contributed by atoms with Gasteiger partial charge < -0.3 is 14.8 Å². The van der Waals surface area contributed by atoms with Gasteiger partial charge in [0.2, 0.25) is 5.91 Å². The summed E-state index contributed by atoms with van der Waals surface area (Å²) >= 11 is 0. The number of pyridine rings is 1. The van der Waals surface area contributed by atoms with Gasteiger partial charge in [0.1, 0.15) is 5.56 Å². The third-order valence-corrected chi connectivity index (χ3v) is 5.28. The van der Waals surface area contributed by atoms with Gasteiger partial charge in [-0.25, -0.2) is 0 Å². The van der Waals surface area contributed by atoms with E-state index in [9.17, 15) is 14.4 Å². The maximum absolute atomic E-state index is 12.8. The molecule has 2 saturated heterocycles. The largest absolute Gasteiger partial charge is 0.339 e. The number of nitrogens with zero attached hydrogens (tertiary/aromatic N) is 2. The Kier molecular flexibility index (Phi) is 4.97. The second-order valence-corrected chi connectivity index (χ2v) is 7.73. The molecular formula is C19H27N3O3. The maximum atomic E-state index is 12.8. The van der Waals surface area contributed by atoms with Gasteiger partial charge in [0.15, 0.2) is 0 Å². The Hall–Kier alpha value is -2.11. The van der Waals surface area contributed by atoms with Crippen molar-refractivity contribution in [3.63, 3.8) is 0 Å². The first kappa shape index (κ1) is 17.7. The van der Waals surface area contributed by atoms with Crippen molar-refractivity contribution < 1.29 is 9.59 Å². The number of carbonyl (C=O) groups is 2. The summed E-state index contributed by atoms with van der Waals surface area (Å²) in [5, 5.41) is 0. The van der Waals surface area contributed by atoms with Crippen LogP contribution in [0.5, 0.6) is 0 Å². The third-order valence-electron chi connectivity index (χ3n) is 5.28. The lowest BCUT2D eigenvalue weighted by atomic mass is 9.83. The van der Waals surface area contributed by atoms with Gasteiger partial charge in [0.05, 0.1) is 0 Å². The number of carbonyl (C=O) groups excluding carboxylic acids is 2. The second-order valence-electron chi connectivity index (χ2n) is 7.73. The number of likely N-dealkylation sites (tertiary alicyclic amines) is 2. The van der Waals surface area contributed by atoms with Gasteiger partial charge in [-0.05, 0) is 43.7 Å². The summed E-state index contributed by atoms with van der Waals surface area (Å²) in [5.74, 6) is 0.781. The number of nitrogens with one attached hydrogen (secondary N) is 1. The fourth-order valence-corrected chi connectivity index (χ4v) is 4.08. The Morgan fingerprint density at radius 2 is 2.04 bits per heavy atom. The Morgan fingerprint density at radius 3 is 2.72 bits per heavy atom. The summed E-state index contributed by atoms with van der Waals surface area (Å²) in [5.41, 5.74) is 0.623. The molecule has 0 bridgehead atoms. The number of hydrogen-bond donors (Lipinski definition) is 1. The predicted octanol–water partition coefficient (Wildman–Crippen LogP) is 1.79. The molecule has 2 atom stereocenters. The van der Waals surface area contributed by atoms with Crippen molar-refractivity contribution in [2.24, 2.45) is 11.8 Å². The topological polar surface area (TPSA) is 73.5 Å². The first-order valence-electron chi connectivity index (χ1n) is 9.15. The number of amides is 2. The molecule has 0 spiro atoms. The summed E-state index contributed by atoms with van der Waals surface area (Å²) in [6, 6.07) is 3.59. The van der Waals surface area contributed by atoms with Crippen LogP contribution >= 0.6 is 0 Å². The number of aromatic amines is 1. The van der Waals surface area contributed by atoms with E-state index in [1.807, 2.05) is 4.90 Å². The lowest BCUT2D eigenvalue weighted by molar-refractivity contribution is -0.141. The van der Waals surface area contributed by atoms with E-state index in [0.717, 1.165) is 25.1 Å². The van der Waals surface area contributed by atoms with E-state index in [2.05, 4.69) is 18.8 Å². The van der Waals surface area contributed by atoms with Crippen LogP contribution in [-0.4, -0.2) is 52.3 Å². The molecule has 2 fully saturated rings. The highest BCUT2D eigenvalue weighted by Crippen LogP contribution is 2.32. The van der Waals surface area contributed by atoms with Crippen molar-refractivity contribution in [1.82, 2.24) is 14.8 Å². The minimum Gasteiger partial charge on any atom is -0.339 e. The standard InChI is InChI=1S/C19H27N3O3/c1-12(2)10-22-16-8-9-21(11-14(16)5-7-17(22)23)19(25)15-6-4-13(3)20-18(15)24/h4,6,12,14,16H,5,7-11H2,1-3H3,(H,20,24)/t14-,16+/m1/s1. The molecule has 136 valence electrons. The molecule has 0 aromatic carbocycles. The first-order chi connectivity index (χ1) is 11.9. The fraction of sp³-hybridized carbons (Fsp3) is 0.632. The zero-order chi connectivity index (χ0) is 18.1. The van der Waals surface area contributed by atoms with Crippen molar-refractivity contribution in [2.75, 3.05) is 19.6 Å². The number of aromatic nitrogens is 1. The normalized spacial score (nSPS) is 23.8. The van der Waals surface area contributed by atoms with Crippen molar-refractivity contribution >= 4 is 11.8 Å². The predicted molar refractivity (Wildman–Crippen MR) is 95.4 cm³/mol. The molecule has 1 aromatic heterocycles. The lowest BCUT2D eigenvalue weighted by Gasteiger charge is -2.47. The summed E-state index contributed by atoms with van der Waals surface area (Å²) < 4.78 is 0. The molecule has 25 heavy (non-hydrogen) atoms. The van der Waals surface area contributed by atoms with E-state index in [4.69, 9.17) is 0 Å². The summed E-state index contributed by atoms with van der Waals surface area (Å²) in [6.07, 6.45) is 2.17. The van der Waals surface area contributed by atoms with Crippen LogP contribution in [0.25, 0.3) is 0 Å². The Labute approximate surface area is 148 Å². The van der Waals surface area contributed by atoms with Gasteiger partial charge in [-0.15, -0.1) is 0 Å². The van der Waals surface area contributed by atoms with Gasteiger partial charge in [-0.3, -0.25) is 14.4 Å². The van der Waals surface area contributed by atoms with Crippen molar-refractivity contribution in [3.05, 3.63) is 33.7 Å². The van der Waals surface area contributed by atoms with Crippen LogP contribution in [0.2, 0.25) is 0 Å². The van der Waals surface area contributed by atoms with E-state index in [-0.39, 0.29) is 29.0 Å². The highest BCUT2D eigenvalue weighted by atomic mass is 16.2. The SMILES string of the molecule is Cc1ccc(C(=O)N2CC[C@H]3[C@H](CCC(=O)N3CC(C)C)C2)c(=O)[nH]1. The van der Waals surface area contributed by atoms with Crippen LogP contribution < -0.4 is 5.56 Å². The molecule has 2 aliphatic heterocycles. The average Bonchev–Trinajstić information content (AvgIpc) is 2.56. The smallest absolute Gasteiger partial charge is 0.260 e. The molecule has 1 N–H and O–H groups in total. The quantitative estimate of drug-likeness (QED) is 0.908. The summed E-state index contributed by atoms with van der Waals surface area (Å²) in [6.45, 7) is 8.04. The van der Waals surface area contributed by atoms with E-state index in [1.165, 1.54) is 0 Å². The molecule has 3 heterocycles. The van der Waals surface area contributed by atoms with Crippen molar-refractivity contribution in [1.29, 1.82) is 0 Å². The average molecular weight is 345 g/mol. The molecule has 1 aromatic rings. The van der Waals surface area contributed by atoms with Crippen molar-refractivity contribution in [2.45, 2.75) is 46.1 Å². The molecule has 2 aliphatic rings. The molecule has 0 saturated carbocycles. The molecule has 6 nitrogen and oxygen atoms in total. The third kappa shape index (κ3) is 3.62. The Balaban J connectivity index is 1.74. The van der Waals surface area contributed by atoms with Crippen LogP contribution in [-0.2, 0) is 4.79 Å². The molecule has 2 amide bonds. The molecule has 0 radical (unpaired) electrons. The number of aryl methyl sites for hydroxylation is 1. The van der Waals surface area contributed by atoms with Gasteiger partial charge in [0, 0.05) is 37.8 Å². The number of fused-ring (bicyclic) bond motifs is 1. The van der Waals surface area contributed by atoms with Crippen LogP contribution in [0, 0.1) is 18.8 Å². The van der Waals surface area contributed by atoms with Crippen LogP contribution in [0.4, 0.5) is 0 Å². The first-order valence-corrected chi connectivity index (χ1v) is 9.15. The van der Waals surface area contributed by atoms with Gasteiger partial charge in [0.25, 0.3) is 11.5 Å². The molecule has 6 heteroatoms. The number of rotatable bonds is 3. The minimum atomic E-state index is -0.327. The van der Waals surface area contributed by atoms with Crippen LogP contribution in [0.15, 0.2) is 16.9 Å². The molecule has 0 unspecified atom stereocenters. The Bertz CT molecular complexity index is 725. The Morgan fingerprint density at radius 1 is 1.28 bits per heavy atom. The maximum Gasteiger partial charge on any atom is 0.260 e. The second kappa shape index (κ2) is 7.02. The van der Waals surface area contributed by atoms with E-state index >= 15 is 0 Å².